The van der Waals surface area contributed by atoms with E-state index in [1.54, 1.807) is 11.0 Å². The molecule has 1 N–H and O–H groups in total. The Morgan fingerprint density at radius 3 is 2.88 bits per heavy atom. The summed E-state index contributed by atoms with van der Waals surface area (Å²) in [5.41, 5.74) is 0.235. The smallest absolute Gasteiger partial charge is 0.279 e. The van der Waals surface area contributed by atoms with E-state index >= 15 is 0 Å². The second kappa shape index (κ2) is 7.72. The molecular formula is C15H17N5O4S2. The lowest BCUT2D eigenvalue weighted by atomic mass is 10.3. The number of nitrogens with zero attached hydrogens (tertiary/aromatic N) is 4. The summed E-state index contributed by atoms with van der Waals surface area (Å²) in [5.74, 6) is 1.12. The first-order valence-corrected chi connectivity index (χ1v) is 10.1. The first-order chi connectivity index (χ1) is 12.7. The third-order valence-corrected chi connectivity index (χ3v) is 6.01. The van der Waals surface area contributed by atoms with Crippen molar-refractivity contribution in [2.45, 2.75) is 23.1 Å². The molecule has 0 aromatic carbocycles. The Morgan fingerprint density at radius 2 is 2.12 bits per heavy atom. The van der Waals surface area contributed by atoms with Gasteiger partial charge in [0.2, 0.25) is 11.0 Å². The van der Waals surface area contributed by atoms with Gasteiger partial charge in [-0.3, -0.25) is 14.9 Å². The lowest BCUT2D eigenvalue weighted by molar-refractivity contribution is -0.132. The molecule has 0 bridgehead atoms. The normalized spacial score (nSPS) is 17.3. The molecule has 4 rings (SSSR count). The van der Waals surface area contributed by atoms with Crippen molar-refractivity contribution in [1.82, 2.24) is 20.3 Å². The number of nitrogens with one attached hydrogen (secondary N) is 1. The van der Waals surface area contributed by atoms with Crippen molar-refractivity contribution in [3.63, 3.8) is 0 Å². The van der Waals surface area contributed by atoms with Crippen LogP contribution in [0.25, 0.3) is 0 Å². The average molecular weight is 395 g/mol. The van der Waals surface area contributed by atoms with E-state index in [2.05, 4.69) is 20.7 Å². The van der Waals surface area contributed by atoms with E-state index < -0.39 is 0 Å². The Morgan fingerprint density at radius 1 is 1.31 bits per heavy atom. The molecule has 2 aromatic heterocycles. The van der Waals surface area contributed by atoms with Crippen LogP contribution in [0.1, 0.15) is 35.0 Å². The number of anilines is 1. The molecular weight excluding hydrogens is 378 g/mol. The van der Waals surface area contributed by atoms with Crippen molar-refractivity contribution in [3.05, 3.63) is 17.5 Å². The standard InChI is InChI=1S/C15H17N5O4S2/c21-12(20-3-5-23-6-4-20)8-25-15-18-17-14(26-15)16-13(22)10-7-11(24-19-10)9-1-2-9/h7,9H,1-6,8H2,(H,16,17,22). The topological polar surface area (TPSA) is 110 Å². The molecule has 0 atom stereocenters. The molecule has 26 heavy (non-hydrogen) atoms. The van der Waals surface area contributed by atoms with E-state index in [0.29, 0.717) is 41.7 Å². The van der Waals surface area contributed by atoms with E-state index in [9.17, 15) is 9.59 Å². The molecule has 2 fully saturated rings. The molecule has 1 saturated heterocycles. The summed E-state index contributed by atoms with van der Waals surface area (Å²) in [4.78, 5) is 26.1. The summed E-state index contributed by atoms with van der Waals surface area (Å²) >= 11 is 2.53. The number of thioether (sulfide) groups is 1. The molecule has 138 valence electrons. The largest absolute Gasteiger partial charge is 0.378 e. The van der Waals surface area contributed by atoms with Crippen LogP contribution < -0.4 is 5.32 Å². The average Bonchev–Trinajstić information content (AvgIpc) is 3.22. The maximum atomic E-state index is 12.2. The van der Waals surface area contributed by atoms with Crippen molar-refractivity contribution in [1.29, 1.82) is 0 Å². The van der Waals surface area contributed by atoms with Crippen LogP contribution >= 0.6 is 23.1 Å². The summed E-state index contributed by atoms with van der Waals surface area (Å²) in [6.45, 7) is 2.40. The fourth-order valence-electron chi connectivity index (χ4n) is 2.46. The molecule has 9 nitrogen and oxygen atoms in total. The van der Waals surface area contributed by atoms with Gasteiger partial charge in [0, 0.05) is 25.1 Å². The summed E-state index contributed by atoms with van der Waals surface area (Å²) in [5, 5.41) is 14.8. The number of amides is 2. The highest BCUT2D eigenvalue weighted by atomic mass is 32.2. The number of carbonyl (C=O) groups excluding carboxylic acids is 2. The van der Waals surface area contributed by atoms with E-state index in [4.69, 9.17) is 9.26 Å². The zero-order valence-electron chi connectivity index (χ0n) is 13.8. The number of hydrogen-bond acceptors (Lipinski definition) is 9. The highest BCUT2D eigenvalue weighted by molar-refractivity contribution is 8.01. The van der Waals surface area contributed by atoms with Gasteiger partial charge in [-0.1, -0.05) is 28.3 Å². The number of aromatic nitrogens is 3. The molecule has 2 aliphatic rings. The predicted molar refractivity (Wildman–Crippen MR) is 94.5 cm³/mol. The van der Waals surface area contributed by atoms with Crippen LogP contribution in [0.4, 0.5) is 5.13 Å². The minimum Gasteiger partial charge on any atom is -0.378 e. The van der Waals surface area contributed by atoms with Crippen LogP contribution in [0.5, 0.6) is 0 Å². The van der Waals surface area contributed by atoms with Crippen LogP contribution in [-0.2, 0) is 9.53 Å². The Balaban J connectivity index is 1.28. The highest BCUT2D eigenvalue weighted by Gasteiger charge is 2.29. The van der Waals surface area contributed by atoms with Crippen molar-refractivity contribution in [2.75, 3.05) is 37.4 Å². The van der Waals surface area contributed by atoms with Gasteiger partial charge in [-0.2, -0.15) is 0 Å². The third kappa shape index (κ3) is 4.22. The monoisotopic (exact) mass is 395 g/mol. The number of hydrogen-bond donors (Lipinski definition) is 1. The van der Waals surface area contributed by atoms with Crippen LogP contribution in [0.15, 0.2) is 14.9 Å². The van der Waals surface area contributed by atoms with Gasteiger partial charge >= 0.3 is 0 Å². The maximum Gasteiger partial charge on any atom is 0.279 e. The number of rotatable bonds is 6. The molecule has 11 heteroatoms. The number of ether oxygens (including phenoxy) is 1. The van der Waals surface area contributed by atoms with Gasteiger partial charge in [-0.05, 0) is 12.8 Å². The van der Waals surface area contributed by atoms with Gasteiger partial charge in [0.1, 0.15) is 5.76 Å². The van der Waals surface area contributed by atoms with Crippen molar-refractivity contribution >= 4 is 40.0 Å². The fourth-order valence-corrected chi connectivity index (χ4v) is 4.11. The van der Waals surface area contributed by atoms with Gasteiger partial charge < -0.3 is 14.2 Å². The highest BCUT2D eigenvalue weighted by Crippen LogP contribution is 2.40. The molecule has 3 heterocycles. The first kappa shape index (κ1) is 17.4. The summed E-state index contributed by atoms with van der Waals surface area (Å²) in [6, 6.07) is 1.67. The Labute approximate surface area is 157 Å². The first-order valence-electron chi connectivity index (χ1n) is 8.29. The summed E-state index contributed by atoms with van der Waals surface area (Å²) in [6.07, 6.45) is 2.16. The summed E-state index contributed by atoms with van der Waals surface area (Å²) in [7, 11) is 0. The van der Waals surface area contributed by atoms with E-state index in [0.717, 1.165) is 18.6 Å². The molecule has 1 saturated carbocycles. The molecule has 0 unspecified atom stereocenters. The Kier molecular flexibility index (Phi) is 5.18. The van der Waals surface area contributed by atoms with Gasteiger partial charge in [0.05, 0.1) is 19.0 Å². The molecule has 1 aliphatic heterocycles. The molecule has 2 aromatic rings. The van der Waals surface area contributed by atoms with E-state index in [-0.39, 0.29) is 23.3 Å². The van der Waals surface area contributed by atoms with Gasteiger partial charge in [0.25, 0.3) is 5.91 Å². The van der Waals surface area contributed by atoms with Crippen molar-refractivity contribution in [2.24, 2.45) is 0 Å². The quantitative estimate of drug-likeness (QED) is 0.580. The third-order valence-electron chi connectivity index (χ3n) is 4.05. The van der Waals surface area contributed by atoms with Crippen molar-refractivity contribution < 1.29 is 18.8 Å². The van der Waals surface area contributed by atoms with Crippen LogP contribution in [0.2, 0.25) is 0 Å². The lowest BCUT2D eigenvalue weighted by Crippen LogP contribution is -2.41. The van der Waals surface area contributed by atoms with Crippen LogP contribution in [0.3, 0.4) is 0 Å². The van der Waals surface area contributed by atoms with E-state index in [1.165, 1.54) is 23.1 Å². The van der Waals surface area contributed by atoms with Gasteiger partial charge in [-0.25, -0.2) is 0 Å². The molecule has 2 amide bonds. The zero-order chi connectivity index (χ0) is 17.9. The van der Waals surface area contributed by atoms with Crippen LogP contribution in [-0.4, -0.2) is 64.1 Å². The predicted octanol–water partition coefficient (Wildman–Crippen LogP) is 1.61. The second-order valence-corrected chi connectivity index (χ2v) is 8.20. The van der Waals surface area contributed by atoms with Gasteiger partial charge in [0.15, 0.2) is 10.0 Å². The summed E-state index contributed by atoms with van der Waals surface area (Å²) < 4.78 is 11.0. The number of carbonyl (C=O) groups is 2. The fraction of sp³-hybridized carbons (Fsp3) is 0.533. The lowest BCUT2D eigenvalue weighted by Gasteiger charge is -2.26. The van der Waals surface area contributed by atoms with Gasteiger partial charge in [-0.15, -0.1) is 10.2 Å². The Hall–Kier alpha value is -1.98. The van der Waals surface area contributed by atoms with Crippen LogP contribution in [0, 0.1) is 0 Å². The SMILES string of the molecule is O=C(Nc1nnc(SCC(=O)N2CCOCC2)s1)c1cc(C2CC2)on1. The molecule has 1 aliphatic carbocycles. The molecule has 0 spiro atoms. The van der Waals surface area contributed by atoms with E-state index in [1.807, 2.05) is 0 Å². The Bertz CT molecular complexity index is 798. The maximum absolute atomic E-state index is 12.2. The zero-order valence-corrected chi connectivity index (χ0v) is 15.5. The number of morpholine rings is 1. The second-order valence-electron chi connectivity index (χ2n) is 6.00. The minimum atomic E-state index is -0.377. The minimum absolute atomic E-state index is 0.0503. The molecule has 0 radical (unpaired) electrons. The van der Waals surface area contributed by atoms with Crippen molar-refractivity contribution in [3.8, 4) is 0 Å².